The lowest BCUT2D eigenvalue weighted by molar-refractivity contribution is 0.288. The van der Waals surface area contributed by atoms with Crippen LogP contribution in [0.1, 0.15) is 25.2 Å². The molecule has 3 rings (SSSR count). The number of halogens is 1. The van der Waals surface area contributed by atoms with Gasteiger partial charge < -0.3 is 4.90 Å². The van der Waals surface area contributed by atoms with Crippen molar-refractivity contribution in [3.63, 3.8) is 0 Å². The summed E-state index contributed by atoms with van der Waals surface area (Å²) in [5.41, 5.74) is 3.25. The van der Waals surface area contributed by atoms with Gasteiger partial charge in [0.15, 0.2) is 0 Å². The van der Waals surface area contributed by atoms with Gasteiger partial charge in [-0.1, -0.05) is 47.5 Å². The second kappa shape index (κ2) is 8.03. The third-order valence-corrected chi connectivity index (χ3v) is 6.39. The Bertz CT molecular complexity index is 989. The Morgan fingerprint density at radius 3 is 2.62 bits per heavy atom. The largest absolute Gasteiger partial charge is 0.302 e. The first kappa shape index (κ1) is 19.3. The fraction of sp³-hybridized carbons (Fsp3) is 0.400. The molecule has 4 nitrogen and oxygen atoms in total. The first-order chi connectivity index (χ1) is 12.5. The summed E-state index contributed by atoms with van der Waals surface area (Å²) in [5, 5.41) is 2.78. The highest BCUT2D eigenvalue weighted by Crippen LogP contribution is 2.36. The summed E-state index contributed by atoms with van der Waals surface area (Å²) in [6.45, 7) is 11.8. The van der Waals surface area contributed by atoms with Crippen molar-refractivity contribution in [1.29, 1.82) is 0 Å². The van der Waals surface area contributed by atoms with Crippen molar-refractivity contribution in [2.24, 2.45) is 0 Å². The number of rotatable bonds is 6. The lowest BCUT2D eigenvalue weighted by atomic mass is 10.0. The second-order valence-corrected chi connectivity index (χ2v) is 8.17. The van der Waals surface area contributed by atoms with E-state index in [-0.39, 0.29) is 5.56 Å². The van der Waals surface area contributed by atoms with Crippen LogP contribution in [0.5, 0.6) is 0 Å². The van der Waals surface area contributed by atoms with Crippen molar-refractivity contribution < 1.29 is 0 Å². The number of thiophene rings is 1. The Kier molecular flexibility index (Phi) is 5.95. The zero-order chi connectivity index (χ0) is 18.8. The van der Waals surface area contributed by atoms with Crippen LogP contribution in [0.3, 0.4) is 0 Å². The summed E-state index contributed by atoms with van der Waals surface area (Å²) in [7, 11) is 0. The van der Waals surface area contributed by atoms with Gasteiger partial charge >= 0.3 is 0 Å². The SMILES string of the molecule is CCN(CC)CCn1c(C)nc2scc(-c3cc(C)ccc3Br)c2c1=O. The topological polar surface area (TPSA) is 38.1 Å². The molecule has 0 bridgehead atoms. The Morgan fingerprint density at radius 2 is 1.92 bits per heavy atom. The third kappa shape index (κ3) is 3.63. The molecule has 0 N–H and O–H groups in total. The highest BCUT2D eigenvalue weighted by atomic mass is 79.9. The van der Waals surface area contributed by atoms with Gasteiger partial charge in [-0.3, -0.25) is 9.36 Å². The summed E-state index contributed by atoms with van der Waals surface area (Å²) >= 11 is 5.17. The maximum atomic E-state index is 13.3. The van der Waals surface area contributed by atoms with E-state index in [9.17, 15) is 4.79 Å². The van der Waals surface area contributed by atoms with Crippen molar-refractivity contribution in [2.75, 3.05) is 19.6 Å². The molecule has 0 radical (unpaired) electrons. The number of nitrogens with zero attached hydrogens (tertiary/aromatic N) is 3. The number of likely N-dealkylation sites (N-methyl/N-ethyl adjacent to an activating group) is 1. The smallest absolute Gasteiger partial charge is 0.262 e. The number of benzene rings is 1. The molecular weight excluding hydrogens is 410 g/mol. The van der Waals surface area contributed by atoms with Gasteiger partial charge in [-0.2, -0.15) is 0 Å². The highest BCUT2D eigenvalue weighted by molar-refractivity contribution is 9.10. The van der Waals surface area contributed by atoms with E-state index in [1.165, 1.54) is 16.9 Å². The molecule has 1 aromatic carbocycles. The number of aromatic nitrogens is 2. The Morgan fingerprint density at radius 1 is 1.19 bits per heavy atom. The molecule has 0 unspecified atom stereocenters. The number of hydrogen-bond acceptors (Lipinski definition) is 4. The molecule has 3 aromatic rings. The lowest BCUT2D eigenvalue weighted by Crippen LogP contribution is -2.32. The fourth-order valence-corrected chi connectivity index (χ4v) is 4.65. The molecule has 2 aromatic heterocycles. The van der Waals surface area contributed by atoms with Crippen molar-refractivity contribution in [3.05, 3.63) is 49.8 Å². The van der Waals surface area contributed by atoms with E-state index in [0.29, 0.717) is 6.54 Å². The zero-order valence-corrected chi connectivity index (χ0v) is 18.1. The van der Waals surface area contributed by atoms with Gasteiger partial charge in [0.1, 0.15) is 10.7 Å². The molecule has 0 saturated carbocycles. The zero-order valence-electron chi connectivity index (χ0n) is 15.7. The molecule has 0 amide bonds. The normalized spacial score (nSPS) is 11.6. The van der Waals surface area contributed by atoms with Crippen molar-refractivity contribution in [1.82, 2.24) is 14.5 Å². The van der Waals surface area contributed by atoms with Crippen LogP contribution in [-0.2, 0) is 6.54 Å². The van der Waals surface area contributed by atoms with E-state index < -0.39 is 0 Å². The van der Waals surface area contributed by atoms with Crippen LogP contribution >= 0.6 is 27.3 Å². The minimum absolute atomic E-state index is 0.0595. The Hall–Kier alpha value is -1.50. The van der Waals surface area contributed by atoms with Crippen LogP contribution in [0.25, 0.3) is 21.3 Å². The number of hydrogen-bond donors (Lipinski definition) is 0. The lowest BCUT2D eigenvalue weighted by Gasteiger charge is -2.19. The summed E-state index contributed by atoms with van der Waals surface area (Å²) in [6, 6.07) is 6.21. The molecule has 0 aliphatic carbocycles. The van der Waals surface area contributed by atoms with E-state index in [2.05, 4.69) is 53.7 Å². The first-order valence-corrected chi connectivity index (χ1v) is 10.6. The van der Waals surface area contributed by atoms with E-state index in [0.717, 1.165) is 51.3 Å². The molecule has 26 heavy (non-hydrogen) atoms. The minimum atomic E-state index is 0.0595. The van der Waals surface area contributed by atoms with Crippen molar-refractivity contribution in [3.8, 4) is 11.1 Å². The van der Waals surface area contributed by atoms with Crippen LogP contribution in [0.15, 0.2) is 32.8 Å². The van der Waals surface area contributed by atoms with Gasteiger partial charge in [0.05, 0.1) is 5.39 Å². The molecular formula is C20H24BrN3OS. The Balaban J connectivity index is 2.12. The predicted octanol–water partition coefficient (Wildman–Crippen LogP) is 4.85. The van der Waals surface area contributed by atoms with Crippen LogP contribution in [-0.4, -0.2) is 34.1 Å². The molecule has 0 aliphatic heterocycles. The van der Waals surface area contributed by atoms with Gasteiger partial charge in [0.2, 0.25) is 0 Å². The predicted molar refractivity (Wildman–Crippen MR) is 114 cm³/mol. The van der Waals surface area contributed by atoms with Crippen LogP contribution < -0.4 is 5.56 Å². The van der Waals surface area contributed by atoms with Crippen molar-refractivity contribution >= 4 is 37.5 Å². The monoisotopic (exact) mass is 433 g/mol. The summed E-state index contributed by atoms with van der Waals surface area (Å²) in [6.07, 6.45) is 0. The van der Waals surface area contributed by atoms with Crippen LogP contribution in [0, 0.1) is 13.8 Å². The summed E-state index contributed by atoms with van der Waals surface area (Å²) in [5.74, 6) is 0.784. The standard InChI is InChI=1S/C20H24BrN3OS/c1-5-23(6-2)9-10-24-14(4)22-19-18(20(24)25)16(12-26-19)15-11-13(3)7-8-17(15)21/h7-8,11-12H,5-6,9-10H2,1-4H3. The molecule has 138 valence electrons. The van der Waals surface area contributed by atoms with Crippen LogP contribution in [0.2, 0.25) is 0 Å². The van der Waals surface area contributed by atoms with E-state index in [1.807, 2.05) is 22.9 Å². The van der Waals surface area contributed by atoms with Gasteiger partial charge in [-0.25, -0.2) is 4.98 Å². The highest BCUT2D eigenvalue weighted by Gasteiger charge is 2.17. The molecule has 6 heteroatoms. The van der Waals surface area contributed by atoms with Crippen molar-refractivity contribution in [2.45, 2.75) is 34.2 Å². The average molecular weight is 434 g/mol. The van der Waals surface area contributed by atoms with Gasteiger partial charge in [0.25, 0.3) is 5.56 Å². The maximum Gasteiger partial charge on any atom is 0.262 e. The molecule has 0 spiro atoms. The molecule has 0 fully saturated rings. The van der Waals surface area contributed by atoms with Crippen LogP contribution in [0.4, 0.5) is 0 Å². The van der Waals surface area contributed by atoms with E-state index in [1.54, 1.807) is 0 Å². The van der Waals surface area contributed by atoms with E-state index in [4.69, 9.17) is 4.98 Å². The molecule has 0 saturated heterocycles. The average Bonchev–Trinajstić information content (AvgIpc) is 3.03. The maximum absolute atomic E-state index is 13.3. The first-order valence-electron chi connectivity index (χ1n) is 8.93. The molecule has 0 aliphatic rings. The summed E-state index contributed by atoms with van der Waals surface area (Å²) < 4.78 is 2.82. The summed E-state index contributed by atoms with van der Waals surface area (Å²) in [4.78, 5) is 21.1. The quantitative estimate of drug-likeness (QED) is 0.557. The van der Waals surface area contributed by atoms with E-state index >= 15 is 0 Å². The minimum Gasteiger partial charge on any atom is -0.302 e. The fourth-order valence-electron chi connectivity index (χ4n) is 3.21. The molecule has 0 atom stereocenters. The Labute approximate surface area is 166 Å². The second-order valence-electron chi connectivity index (χ2n) is 6.46. The third-order valence-electron chi connectivity index (χ3n) is 4.83. The number of fused-ring (bicyclic) bond motifs is 1. The number of aryl methyl sites for hydroxylation is 2. The van der Waals surface area contributed by atoms with Gasteiger partial charge in [-0.05, 0) is 38.6 Å². The van der Waals surface area contributed by atoms with Gasteiger partial charge in [-0.15, -0.1) is 11.3 Å². The molecule has 2 heterocycles. The van der Waals surface area contributed by atoms with Gasteiger partial charge in [0, 0.05) is 28.5 Å².